The first-order valence-corrected chi connectivity index (χ1v) is 19.1. The lowest BCUT2D eigenvalue weighted by molar-refractivity contribution is -0.137. The molecule has 4 rings (SSSR count). The number of alkyl halides is 3. The van der Waals surface area contributed by atoms with Crippen molar-refractivity contribution < 1.29 is 36.9 Å². The van der Waals surface area contributed by atoms with E-state index in [4.69, 9.17) is 81.7 Å². The Kier molecular flexibility index (Phi) is 19.8. The third-order valence-electron chi connectivity index (χ3n) is 7.73. The Hall–Kier alpha value is -3.39. The van der Waals surface area contributed by atoms with Gasteiger partial charge in [-0.15, -0.1) is 0 Å². The van der Waals surface area contributed by atoms with Crippen molar-refractivity contribution in [1.82, 2.24) is 15.0 Å². The van der Waals surface area contributed by atoms with Gasteiger partial charge in [-0.3, -0.25) is 0 Å². The SMILES string of the molecule is CCOCCc1ccc(OCCNc2ncnc(CC)c2Cl)c(C)c1C.FC(F)(F)c1ccc(OCCCOc2c(Cl)cc(OCC=C(Cl)Cl)cc2Cl)nc1. The van der Waals surface area contributed by atoms with Crippen LogP contribution in [0.1, 0.15) is 48.2 Å². The summed E-state index contributed by atoms with van der Waals surface area (Å²) in [5.74, 6) is 2.34. The molecule has 0 bridgehead atoms. The lowest BCUT2D eigenvalue weighted by atomic mass is 10.0. The van der Waals surface area contributed by atoms with E-state index in [2.05, 4.69) is 40.2 Å². The minimum Gasteiger partial charge on any atom is -0.491 e. The zero-order chi connectivity index (χ0) is 40.4. The summed E-state index contributed by atoms with van der Waals surface area (Å²) in [6, 6.07) is 9.28. The largest absolute Gasteiger partial charge is 0.491 e. The Morgan fingerprint density at radius 1 is 0.836 bits per heavy atom. The van der Waals surface area contributed by atoms with E-state index in [0.29, 0.717) is 42.4 Å². The maximum Gasteiger partial charge on any atom is 0.417 e. The van der Waals surface area contributed by atoms with Gasteiger partial charge in [-0.25, -0.2) is 15.0 Å². The number of nitrogens with zero attached hydrogens (tertiary/aromatic N) is 3. The molecule has 0 aliphatic rings. The summed E-state index contributed by atoms with van der Waals surface area (Å²) in [5, 5.41) is 4.29. The van der Waals surface area contributed by atoms with Crippen LogP contribution in [0.25, 0.3) is 0 Å². The van der Waals surface area contributed by atoms with Gasteiger partial charge in [0.2, 0.25) is 5.88 Å². The van der Waals surface area contributed by atoms with Gasteiger partial charge in [-0.2, -0.15) is 13.2 Å². The lowest BCUT2D eigenvalue weighted by Crippen LogP contribution is -2.14. The lowest BCUT2D eigenvalue weighted by Gasteiger charge is -2.15. The van der Waals surface area contributed by atoms with Crippen molar-refractivity contribution in [3.63, 3.8) is 0 Å². The molecular weight excluding hydrogens is 827 g/mol. The number of anilines is 1. The van der Waals surface area contributed by atoms with Gasteiger partial charge >= 0.3 is 6.18 Å². The maximum absolute atomic E-state index is 12.5. The first kappa shape index (κ1) is 46.0. The smallest absolute Gasteiger partial charge is 0.417 e. The zero-order valence-electron chi connectivity index (χ0n) is 30.7. The third-order valence-corrected chi connectivity index (χ3v) is 8.99. The first-order chi connectivity index (χ1) is 26.2. The number of nitrogens with one attached hydrogen (secondary N) is 1. The highest BCUT2D eigenvalue weighted by atomic mass is 35.5. The average Bonchev–Trinajstić information content (AvgIpc) is 3.14. The standard InChI is InChI=1S/C20H28ClN3O2.C18H14Cl4F3NO3/c1-5-17-19(21)20(24-13-23-17)22-10-12-26-18-8-7-16(9-11-25-6-2)14(3)15(18)4;19-13-8-12(27-7-4-15(21)22)9-14(20)17(13)29-6-1-5-28-16-3-2-11(10-26-16)18(23,24)25/h7-8,13H,5-6,9-12H2,1-4H3,(H,22,23,24);2-4,8-10H,1,5-7H2. The summed E-state index contributed by atoms with van der Waals surface area (Å²) in [5.41, 5.74) is 3.75. The molecule has 0 aliphatic carbocycles. The predicted molar refractivity (Wildman–Crippen MR) is 213 cm³/mol. The third kappa shape index (κ3) is 15.6. The number of halogens is 8. The van der Waals surface area contributed by atoms with Crippen LogP contribution in [0.2, 0.25) is 15.1 Å². The first-order valence-electron chi connectivity index (χ1n) is 17.2. The Balaban J connectivity index is 0.000000297. The molecule has 9 nitrogen and oxygen atoms in total. The predicted octanol–water partition coefficient (Wildman–Crippen LogP) is 11.3. The molecule has 55 heavy (non-hydrogen) atoms. The van der Waals surface area contributed by atoms with E-state index in [1.165, 1.54) is 41.2 Å². The number of benzene rings is 2. The molecule has 4 aromatic rings. The summed E-state index contributed by atoms with van der Waals surface area (Å²) >= 11 is 29.6. The normalized spacial score (nSPS) is 11.0. The minimum atomic E-state index is -4.44. The summed E-state index contributed by atoms with van der Waals surface area (Å²) in [7, 11) is 0. The summed E-state index contributed by atoms with van der Waals surface area (Å²) in [4.78, 5) is 12.0. The molecule has 0 atom stereocenters. The number of aryl methyl sites for hydroxylation is 1. The number of hydrogen-bond acceptors (Lipinski definition) is 9. The fraction of sp³-hybridized carbons (Fsp3) is 0.395. The second kappa shape index (κ2) is 23.6. The molecule has 0 fully saturated rings. The molecule has 2 aromatic heterocycles. The van der Waals surface area contributed by atoms with Gasteiger partial charge in [0, 0.05) is 37.4 Å². The van der Waals surface area contributed by atoms with Crippen molar-refractivity contribution in [3.05, 3.63) is 103 Å². The quantitative estimate of drug-likeness (QED) is 0.0924. The number of ether oxygens (including phenoxy) is 5. The number of aromatic nitrogens is 3. The molecule has 2 aromatic carbocycles. The number of rotatable bonds is 19. The Morgan fingerprint density at radius 3 is 2.20 bits per heavy atom. The van der Waals surface area contributed by atoms with E-state index in [1.54, 1.807) is 0 Å². The molecular formula is C38H42Cl5F3N4O5. The monoisotopic (exact) mass is 866 g/mol. The molecule has 0 radical (unpaired) electrons. The van der Waals surface area contributed by atoms with Crippen LogP contribution in [-0.4, -0.2) is 61.1 Å². The Bertz CT molecular complexity index is 1810. The fourth-order valence-electron chi connectivity index (χ4n) is 4.71. The molecule has 17 heteroatoms. The fourth-order valence-corrected chi connectivity index (χ4v) is 5.71. The van der Waals surface area contributed by atoms with E-state index in [-0.39, 0.29) is 46.0 Å². The summed E-state index contributed by atoms with van der Waals surface area (Å²) in [6.45, 7) is 11.4. The number of pyridine rings is 1. The molecule has 300 valence electrons. The van der Waals surface area contributed by atoms with Crippen LogP contribution < -0.4 is 24.3 Å². The highest BCUT2D eigenvalue weighted by Gasteiger charge is 2.30. The van der Waals surface area contributed by atoms with Crippen LogP contribution >= 0.6 is 58.0 Å². The van der Waals surface area contributed by atoms with E-state index in [9.17, 15) is 13.2 Å². The van der Waals surface area contributed by atoms with E-state index < -0.39 is 11.7 Å². The van der Waals surface area contributed by atoms with Crippen LogP contribution in [0, 0.1) is 13.8 Å². The van der Waals surface area contributed by atoms with Crippen LogP contribution in [-0.2, 0) is 23.8 Å². The van der Waals surface area contributed by atoms with Crippen LogP contribution in [0.4, 0.5) is 19.0 Å². The molecule has 0 amide bonds. The van der Waals surface area contributed by atoms with Gasteiger partial charge in [0.15, 0.2) is 5.75 Å². The van der Waals surface area contributed by atoms with Crippen molar-refractivity contribution in [1.29, 1.82) is 0 Å². The molecule has 2 heterocycles. The summed E-state index contributed by atoms with van der Waals surface area (Å²) in [6.07, 6.45) is 1.39. The topological polar surface area (TPSA) is 96.9 Å². The summed E-state index contributed by atoms with van der Waals surface area (Å²) < 4.78 is 65.1. The molecule has 0 aliphatic heterocycles. The highest BCUT2D eigenvalue weighted by molar-refractivity contribution is 6.55. The highest BCUT2D eigenvalue weighted by Crippen LogP contribution is 2.37. The Morgan fingerprint density at radius 2 is 1.56 bits per heavy atom. The Labute approximate surface area is 344 Å². The molecule has 0 spiro atoms. The van der Waals surface area contributed by atoms with Crippen molar-refractivity contribution in [2.24, 2.45) is 0 Å². The van der Waals surface area contributed by atoms with Crippen LogP contribution in [0.5, 0.6) is 23.1 Å². The van der Waals surface area contributed by atoms with Crippen molar-refractivity contribution in [2.75, 3.05) is 51.5 Å². The van der Waals surface area contributed by atoms with Gasteiger partial charge in [0.05, 0.1) is 47.7 Å². The molecule has 0 unspecified atom stereocenters. The van der Waals surface area contributed by atoms with Gasteiger partial charge in [0.1, 0.15) is 46.4 Å². The van der Waals surface area contributed by atoms with Gasteiger partial charge < -0.3 is 29.0 Å². The van der Waals surface area contributed by atoms with Gasteiger partial charge in [-0.1, -0.05) is 71.0 Å². The van der Waals surface area contributed by atoms with Crippen molar-refractivity contribution >= 4 is 63.8 Å². The van der Waals surface area contributed by atoms with Crippen molar-refractivity contribution in [2.45, 2.75) is 53.1 Å². The molecule has 0 saturated carbocycles. The average molecular weight is 869 g/mol. The van der Waals surface area contributed by atoms with E-state index in [1.807, 2.05) is 19.9 Å². The zero-order valence-corrected chi connectivity index (χ0v) is 34.5. The molecule has 0 saturated heterocycles. The molecule has 1 N–H and O–H groups in total. The van der Waals surface area contributed by atoms with E-state index in [0.717, 1.165) is 49.6 Å². The van der Waals surface area contributed by atoms with Gasteiger partial charge in [0.25, 0.3) is 0 Å². The van der Waals surface area contributed by atoms with Crippen molar-refractivity contribution in [3.8, 4) is 23.1 Å². The van der Waals surface area contributed by atoms with Crippen LogP contribution in [0.3, 0.4) is 0 Å². The maximum atomic E-state index is 12.5. The van der Waals surface area contributed by atoms with E-state index >= 15 is 0 Å². The van der Waals surface area contributed by atoms with Crippen LogP contribution in [0.15, 0.2) is 59.5 Å². The second-order valence-corrected chi connectivity index (χ2v) is 13.7. The minimum absolute atomic E-state index is 0.0795. The van der Waals surface area contributed by atoms with Gasteiger partial charge in [-0.05, 0) is 68.5 Å². The number of hydrogen-bond donors (Lipinski definition) is 1. The second-order valence-electron chi connectivity index (χ2n) is 11.5.